The Morgan fingerprint density at radius 3 is 2.53 bits per heavy atom. The van der Waals surface area contributed by atoms with Crippen LogP contribution < -0.4 is 5.32 Å². The number of rotatable bonds is 4. The van der Waals surface area contributed by atoms with Crippen LogP contribution in [0.3, 0.4) is 0 Å². The van der Waals surface area contributed by atoms with Gasteiger partial charge in [0.2, 0.25) is 5.91 Å². The van der Waals surface area contributed by atoms with E-state index in [1.165, 1.54) is 14.0 Å². The molecule has 0 heterocycles. The maximum atomic E-state index is 11.3. The van der Waals surface area contributed by atoms with Crippen molar-refractivity contribution in [1.82, 2.24) is 5.32 Å². The molecule has 4 heteroatoms. The van der Waals surface area contributed by atoms with Gasteiger partial charge in [-0.2, -0.15) is 0 Å². The normalized spacial score (nSPS) is 11.7. The summed E-state index contributed by atoms with van der Waals surface area (Å²) in [4.78, 5) is 22.5. The van der Waals surface area contributed by atoms with Crippen molar-refractivity contribution in [3.63, 3.8) is 0 Å². The third-order valence-electron chi connectivity index (χ3n) is 2.54. The Morgan fingerprint density at radius 2 is 2.00 bits per heavy atom. The van der Waals surface area contributed by atoms with Crippen molar-refractivity contribution in [2.45, 2.75) is 26.3 Å². The van der Waals surface area contributed by atoms with Crippen molar-refractivity contribution in [1.29, 1.82) is 0 Å². The van der Waals surface area contributed by atoms with E-state index in [1.807, 2.05) is 31.2 Å². The second kappa shape index (κ2) is 6.03. The van der Waals surface area contributed by atoms with Gasteiger partial charge in [-0.05, 0) is 18.1 Å². The topological polar surface area (TPSA) is 55.4 Å². The highest BCUT2D eigenvalue weighted by Gasteiger charge is 2.18. The molecule has 0 saturated heterocycles. The van der Waals surface area contributed by atoms with Crippen LogP contribution in [0.1, 0.15) is 30.5 Å². The summed E-state index contributed by atoms with van der Waals surface area (Å²) >= 11 is 0. The van der Waals surface area contributed by atoms with E-state index in [-0.39, 0.29) is 24.3 Å². The predicted molar refractivity (Wildman–Crippen MR) is 64.4 cm³/mol. The average molecular weight is 235 g/mol. The van der Waals surface area contributed by atoms with Gasteiger partial charge in [-0.1, -0.05) is 24.3 Å². The van der Waals surface area contributed by atoms with Gasteiger partial charge in [0.25, 0.3) is 0 Å². The SMILES string of the molecule is COC(=O)C[C@@H](NC(C)=O)c1ccccc1C. The fourth-order valence-corrected chi connectivity index (χ4v) is 1.71. The Balaban J connectivity index is 2.93. The van der Waals surface area contributed by atoms with Crippen LogP contribution in [0.15, 0.2) is 24.3 Å². The summed E-state index contributed by atoms with van der Waals surface area (Å²) in [6.45, 7) is 3.38. The van der Waals surface area contributed by atoms with Gasteiger partial charge in [0.1, 0.15) is 0 Å². The first-order valence-corrected chi connectivity index (χ1v) is 5.44. The molecule has 1 N–H and O–H groups in total. The summed E-state index contributed by atoms with van der Waals surface area (Å²) in [7, 11) is 1.34. The standard InChI is InChI=1S/C13H17NO3/c1-9-6-4-5-7-11(9)12(14-10(2)15)8-13(16)17-3/h4-7,12H,8H2,1-3H3,(H,14,15)/t12-/m1/s1. The Morgan fingerprint density at radius 1 is 1.35 bits per heavy atom. The second-order valence-corrected chi connectivity index (χ2v) is 3.89. The number of hydrogen-bond donors (Lipinski definition) is 1. The van der Waals surface area contributed by atoms with E-state index in [9.17, 15) is 9.59 Å². The summed E-state index contributed by atoms with van der Waals surface area (Å²) in [5.74, 6) is -0.505. The molecule has 0 unspecified atom stereocenters. The van der Waals surface area contributed by atoms with E-state index in [2.05, 4.69) is 10.1 Å². The highest BCUT2D eigenvalue weighted by molar-refractivity contribution is 5.76. The number of carbonyl (C=O) groups is 2. The van der Waals surface area contributed by atoms with E-state index < -0.39 is 0 Å². The molecule has 4 nitrogen and oxygen atoms in total. The third kappa shape index (κ3) is 3.90. The van der Waals surface area contributed by atoms with Crippen molar-refractivity contribution in [3.8, 4) is 0 Å². The summed E-state index contributed by atoms with van der Waals surface area (Å²) in [6, 6.07) is 7.32. The fourth-order valence-electron chi connectivity index (χ4n) is 1.71. The molecular formula is C13H17NO3. The summed E-state index contributed by atoms with van der Waals surface area (Å²) in [5, 5.41) is 2.76. The van der Waals surface area contributed by atoms with Crippen molar-refractivity contribution in [2.24, 2.45) is 0 Å². The summed E-state index contributed by atoms with van der Waals surface area (Å²) in [5.41, 5.74) is 1.98. The molecule has 0 fully saturated rings. The van der Waals surface area contributed by atoms with Crippen LogP contribution in [0, 0.1) is 6.92 Å². The number of hydrogen-bond acceptors (Lipinski definition) is 3. The van der Waals surface area contributed by atoms with Gasteiger partial charge in [-0.3, -0.25) is 9.59 Å². The van der Waals surface area contributed by atoms with E-state index >= 15 is 0 Å². The van der Waals surface area contributed by atoms with Crippen LogP contribution >= 0.6 is 0 Å². The molecular weight excluding hydrogens is 218 g/mol. The Kier molecular flexibility index (Phi) is 4.69. The van der Waals surface area contributed by atoms with Gasteiger partial charge in [-0.25, -0.2) is 0 Å². The van der Waals surface area contributed by atoms with E-state index in [4.69, 9.17) is 0 Å². The number of aryl methyl sites for hydroxylation is 1. The largest absolute Gasteiger partial charge is 0.469 e. The van der Waals surface area contributed by atoms with Crippen molar-refractivity contribution < 1.29 is 14.3 Å². The van der Waals surface area contributed by atoms with Crippen LogP contribution in [-0.2, 0) is 14.3 Å². The highest BCUT2D eigenvalue weighted by Crippen LogP contribution is 2.20. The van der Waals surface area contributed by atoms with Gasteiger partial charge < -0.3 is 10.1 Å². The lowest BCUT2D eigenvalue weighted by atomic mass is 9.99. The first-order chi connectivity index (χ1) is 8.04. The second-order valence-electron chi connectivity index (χ2n) is 3.89. The van der Waals surface area contributed by atoms with Gasteiger partial charge in [0, 0.05) is 6.92 Å². The van der Waals surface area contributed by atoms with Crippen LogP contribution in [-0.4, -0.2) is 19.0 Å². The minimum absolute atomic E-state index is 0.140. The summed E-state index contributed by atoms with van der Waals surface area (Å²) in [6.07, 6.45) is 0.140. The Bertz CT molecular complexity index is 415. The molecule has 0 saturated carbocycles. The van der Waals surface area contributed by atoms with Gasteiger partial charge in [0.15, 0.2) is 0 Å². The predicted octanol–water partition coefficient (Wildman–Crippen LogP) is 1.74. The minimum atomic E-state index is -0.341. The molecule has 0 spiro atoms. The molecule has 17 heavy (non-hydrogen) atoms. The first kappa shape index (κ1) is 13.2. The molecule has 0 bridgehead atoms. The molecule has 0 aliphatic heterocycles. The van der Waals surface area contributed by atoms with Crippen LogP contribution in [0.4, 0.5) is 0 Å². The number of esters is 1. The molecule has 0 aliphatic rings. The molecule has 1 atom stereocenters. The molecule has 92 valence electrons. The molecule has 1 aromatic rings. The van der Waals surface area contributed by atoms with Crippen molar-refractivity contribution in [2.75, 3.05) is 7.11 Å². The lowest BCUT2D eigenvalue weighted by molar-refractivity contribution is -0.141. The number of nitrogens with one attached hydrogen (secondary N) is 1. The Hall–Kier alpha value is -1.84. The zero-order chi connectivity index (χ0) is 12.8. The molecule has 0 aromatic heterocycles. The van der Waals surface area contributed by atoms with E-state index in [1.54, 1.807) is 0 Å². The highest BCUT2D eigenvalue weighted by atomic mass is 16.5. The van der Waals surface area contributed by atoms with Crippen molar-refractivity contribution in [3.05, 3.63) is 35.4 Å². The van der Waals surface area contributed by atoms with Crippen molar-refractivity contribution >= 4 is 11.9 Å². The number of methoxy groups -OCH3 is 1. The molecule has 1 aromatic carbocycles. The quantitative estimate of drug-likeness (QED) is 0.809. The fraction of sp³-hybridized carbons (Fsp3) is 0.385. The van der Waals surface area contributed by atoms with E-state index in [0.29, 0.717) is 0 Å². The number of carbonyl (C=O) groups excluding carboxylic acids is 2. The monoisotopic (exact) mass is 235 g/mol. The van der Waals surface area contributed by atoms with E-state index in [0.717, 1.165) is 11.1 Å². The average Bonchev–Trinajstić information content (AvgIpc) is 2.28. The molecule has 1 rings (SSSR count). The van der Waals surface area contributed by atoms with Gasteiger partial charge >= 0.3 is 5.97 Å². The molecule has 0 radical (unpaired) electrons. The number of amides is 1. The van der Waals surface area contributed by atoms with Crippen LogP contribution in [0.2, 0.25) is 0 Å². The number of ether oxygens (including phenoxy) is 1. The third-order valence-corrected chi connectivity index (χ3v) is 2.54. The minimum Gasteiger partial charge on any atom is -0.469 e. The Labute approximate surface area is 101 Å². The lowest BCUT2D eigenvalue weighted by Gasteiger charge is -2.19. The first-order valence-electron chi connectivity index (χ1n) is 5.44. The van der Waals surface area contributed by atoms with Gasteiger partial charge in [0.05, 0.1) is 19.6 Å². The lowest BCUT2D eigenvalue weighted by Crippen LogP contribution is -2.28. The summed E-state index contributed by atoms with van der Waals surface area (Å²) < 4.78 is 4.63. The zero-order valence-corrected chi connectivity index (χ0v) is 10.3. The van der Waals surface area contributed by atoms with Crippen LogP contribution in [0.5, 0.6) is 0 Å². The smallest absolute Gasteiger partial charge is 0.307 e. The molecule has 0 aliphatic carbocycles. The molecule has 1 amide bonds. The van der Waals surface area contributed by atoms with Crippen LogP contribution in [0.25, 0.3) is 0 Å². The number of benzene rings is 1. The van der Waals surface area contributed by atoms with Gasteiger partial charge in [-0.15, -0.1) is 0 Å². The zero-order valence-electron chi connectivity index (χ0n) is 10.3. The maximum absolute atomic E-state index is 11.3. The maximum Gasteiger partial charge on any atom is 0.307 e.